The summed E-state index contributed by atoms with van der Waals surface area (Å²) < 4.78 is 7.59. The molecule has 2 fully saturated rings. The third kappa shape index (κ3) is 4.36. The molecule has 154 valence electrons. The number of carbonyl (C=O) groups is 2. The predicted molar refractivity (Wildman–Crippen MR) is 110 cm³/mol. The number of rotatable bonds is 6. The van der Waals surface area contributed by atoms with Crippen LogP contribution in [-0.4, -0.2) is 60.7 Å². The molecule has 7 nitrogen and oxygen atoms in total. The van der Waals surface area contributed by atoms with Crippen LogP contribution in [0.5, 0.6) is 0 Å². The molecule has 0 spiro atoms. The molecule has 1 aromatic carbocycles. The van der Waals surface area contributed by atoms with E-state index >= 15 is 0 Å². The van der Waals surface area contributed by atoms with Gasteiger partial charge in [0.2, 0.25) is 11.8 Å². The van der Waals surface area contributed by atoms with Gasteiger partial charge in [-0.3, -0.25) is 14.5 Å². The van der Waals surface area contributed by atoms with Crippen LogP contribution in [-0.2, 0) is 21.4 Å². The molecule has 0 radical (unpaired) electrons. The Hall–Kier alpha value is -2.64. The van der Waals surface area contributed by atoms with E-state index in [-0.39, 0.29) is 30.2 Å². The number of morpholine rings is 1. The maximum Gasteiger partial charge on any atom is 0.227 e. The van der Waals surface area contributed by atoms with Crippen LogP contribution in [0.4, 0.5) is 5.69 Å². The molecule has 2 saturated heterocycles. The minimum atomic E-state index is -0.318. The highest BCUT2D eigenvalue weighted by Gasteiger charge is 2.35. The Morgan fingerprint density at radius 3 is 2.62 bits per heavy atom. The van der Waals surface area contributed by atoms with Gasteiger partial charge < -0.3 is 19.5 Å². The number of ether oxygens (including phenoxy) is 1. The molecule has 29 heavy (non-hydrogen) atoms. The van der Waals surface area contributed by atoms with Gasteiger partial charge in [0.15, 0.2) is 0 Å². The van der Waals surface area contributed by atoms with Crippen molar-refractivity contribution in [2.45, 2.75) is 12.5 Å². The summed E-state index contributed by atoms with van der Waals surface area (Å²) in [6.07, 6.45) is 2.28. The Kier molecular flexibility index (Phi) is 5.97. The zero-order chi connectivity index (χ0) is 20.2. The van der Waals surface area contributed by atoms with Gasteiger partial charge in [0.05, 0.1) is 25.2 Å². The lowest BCUT2D eigenvalue weighted by Crippen LogP contribution is -2.45. The van der Waals surface area contributed by atoms with E-state index in [9.17, 15) is 9.59 Å². The lowest BCUT2D eigenvalue weighted by Gasteiger charge is -2.35. The van der Waals surface area contributed by atoms with Gasteiger partial charge in [-0.1, -0.05) is 18.2 Å². The van der Waals surface area contributed by atoms with E-state index in [1.54, 1.807) is 4.90 Å². The minimum Gasteiger partial charge on any atom is -0.379 e. The summed E-state index contributed by atoms with van der Waals surface area (Å²) in [6.45, 7) is 4.05. The number of nitrogens with one attached hydrogen (secondary N) is 1. The summed E-state index contributed by atoms with van der Waals surface area (Å²) in [5.74, 6) is -0.366. The Morgan fingerprint density at radius 2 is 1.93 bits per heavy atom. The summed E-state index contributed by atoms with van der Waals surface area (Å²) in [6, 6.07) is 13.8. The van der Waals surface area contributed by atoms with Crippen molar-refractivity contribution >= 4 is 17.5 Å². The molecule has 2 aromatic rings. The van der Waals surface area contributed by atoms with Crippen molar-refractivity contribution in [3.63, 3.8) is 0 Å². The number of benzene rings is 1. The monoisotopic (exact) mass is 396 g/mol. The van der Waals surface area contributed by atoms with Crippen LogP contribution in [0.25, 0.3) is 0 Å². The Morgan fingerprint density at radius 1 is 1.17 bits per heavy atom. The predicted octanol–water partition coefficient (Wildman–Crippen LogP) is 1.57. The van der Waals surface area contributed by atoms with E-state index in [0.29, 0.717) is 26.3 Å². The molecule has 0 aliphatic carbocycles. The molecule has 2 unspecified atom stereocenters. The van der Waals surface area contributed by atoms with E-state index in [4.69, 9.17) is 4.74 Å². The van der Waals surface area contributed by atoms with Crippen LogP contribution in [0.2, 0.25) is 0 Å². The molecule has 2 aliphatic rings. The van der Waals surface area contributed by atoms with Gasteiger partial charge in [-0.05, 0) is 24.3 Å². The second-order valence-corrected chi connectivity index (χ2v) is 7.69. The first-order valence-corrected chi connectivity index (χ1v) is 10.2. The maximum absolute atomic E-state index is 12.9. The maximum atomic E-state index is 12.9. The SMILES string of the molecule is Cn1cccc1C(CNC(=O)C1CC(=O)N(c2ccccc2)C1)N1CCOCC1. The number of para-hydroxylation sites is 1. The fraction of sp³-hybridized carbons (Fsp3) is 0.455. The summed E-state index contributed by atoms with van der Waals surface area (Å²) in [5.41, 5.74) is 2.02. The topological polar surface area (TPSA) is 66.8 Å². The molecule has 2 amide bonds. The minimum absolute atomic E-state index is 0.00325. The van der Waals surface area contributed by atoms with Crippen molar-refractivity contribution in [3.8, 4) is 0 Å². The number of hydrogen-bond acceptors (Lipinski definition) is 4. The number of anilines is 1. The summed E-state index contributed by atoms with van der Waals surface area (Å²) in [7, 11) is 2.03. The third-order valence-electron chi connectivity index (χ3n) is 5.85. The van der Waals surface area contributed by atoms with E-state index in [1.807, 2.05) is 49.6 Å². The zero-order valence-electron chi connectivity index (χ0n) is 16.8. The van der Waals surface area contributed by atoms with Crippen molar-refractivity contribution in [2.24, 2.45) is 13.0 Å². The number of carbonyl (C=O) groups excluding carboxylic acids is 2. The van der Waals surface area contributed by atoms with Crippen LogP contribution in [0, 0.1) is 5.92 Å². The van der Waals surface area contributed by atoms with Crippen molar-refractivity contribution in [1.82, 2.24) is 14.8 Å². The number of nitrogens with zero attached hydrogens (tertiary/aromatic N) is 3. The fourth-order valence-electron chi connectivity index (χ4n) is 4.21. The average molecular weight is 396 g/mol. The number of amides is 2. The van der Waals surface area contributed by atoms with Gasteiger partial charge in [0, 0.05) is 57.2 Å². The highest BCUT2D eigenvalue weighted by molar-refractivity contribution is 6.00. The molecule has 0 saturated carbocycles. The van der Waals surface area contributed by atoms with Gasteiger partial charge in [0.25, 0.3) is 0 Å². The van der Waals surface area contributed by atoms with Gasteiger partial charge >= 0.3 is 0 Å². The zero-order valence-corrected chi connectivity index (χ0v) is 16.8. The van der Waals surface area contributed by atoms with Crippen LogP contribution < -0.4 is 10.2 Å². The fourth-order valence-corrected chi connectivity index (χ4v) is 4.21. The van der Waals surface area contributed by atoms with Gasteiger partial charge in [-0.25, -0.2) is 0 Å². The second kappa shape index (κ2) is 8.80. The van der Waals surface area contributed by atoms with Gasteiger partial charge in [-0.2, -0.15) is 0 Å². The first-order chi connectivity index (χ1) is 14.1. The first kappa shape index (κ1) is 19.7. The van der Waals surface area contributed by atoms with Crippen LogP contribution in [0.3, 0.4) is 0 Å². The standard InChI is InChI=1S/C22H28N4O3/c1-24-9-5-8-19(24)20(25-10-12-29-13-11-25)15-23-22(28)17-14-21(27)26(16-17)18-6-3-2-4-7-18/h2-9,17,20H,10-16H2,1H3,(H,23,28). The average Bonchev–Trinajstić information content (AvgIpc) is 3.35. The molecule has 3 heterocycles. The molecule has 1 aromatic heterocycles. The molecule has 2 atom stereocenters. The van der Waals surface area contributed by atoms with E-state index in [2.05, 4.69) is 20.9 Å². The molecule has 4 rings (SSSR count). The molecule has 0 bridgehead atoms. The second-order valence-electron chi connectivity index (χ2n) is 7.69. The van der Waals surface area contributed by atoms with Crippen molar-refractivity contribution in [3.05, 3.63) is 54.4 Å². The lowest BCUT2D eigenvalue weighted by molar-refractivity contribution is -0.126. The van der Waals surface area contributed by atoms with Crippen LogP contribution >= 0.6 is 0 Å². The van der Waals surface area contributed by atoms with E-state index in [1.165, 1.54) is 5.69 Å². The lowest BCUT2D eigenvalue weighted by atomic mass is 10.1. The van der Waals surface area contributed by atoms with Crippen LogP contribution in [0.15, 0.2) is 48.7 Å². The van der Waals surface area contributed by atoms with E-state index < -0.39 is 0 Å². The Balaban J connectivity index is 1.40. The highest BCUT2D eigenvalue weighted by Crippen LogP contribution is 2.26. The quantitative estimate of drug-likeness (QED) is 0.805. The number of aryl methyl sites for hydroxylation is 1. The Labute approximate surface area is 171 Å². The van der Waals surface area contributed by atoms with Crippen molar-refractivity contribution in [1.29, 1.82) is 0 Å². The molecule has 7 heteroatoms. The van der Waals surface area contributed by atoms with Gasteiger partial charge in [0.1, 0.15) is 0 Å². The Bertz CT molecular complexity index is 845. The smallest absolute Gasteiger partial charge is 0.227 e. The van der Waals surface area contributed by atoms with Crippen LogP contribution in [0.1, 0.15) is 18.2 Å². The molecule has 2 aliphatic heterocycles. The number of hydrogen-bond donors (Lipinski definition) is 1. The van der Waals surface area contributed by atoms with Crippen molar-refractivity contribution in [2.75, 3.05) is 44.3 Å². The summed E-state index contributed by atoms with van der Waals surface area (Å²) in [4.78, 5) is 29.4. The van der Waals surface area contributed by atoms with Crippen molar-refractivity contribution < 1.29 is 14.3 Å². The molecule has 1 N–H and O–H groups in total. The summed E-state index contributed by atoms with van der Waals surface area (Å²) >= 11 is 0. The summed E-state index contributed by atoms with van der Waals surface area (Å²) in [5, 5.41) is 3.12. The molecular weight excluding hydrogens is 368 g/mol. The first-order valence-electron chi connectivity index (χ1n) is 10.2. The largest absolute Gasteiger partial charge is 0.379 e. The van der Waals surface area contributed by atoms with E-state index in [0.717, 1.165) is 18.8 Å². The normalized spacial score (nSPS) is 21.3. The molecular formula is C22H28N4O3. The highest BCUT2D eigenvalue weighted by atomic mass is 16.5. The number of aromatic nitrogens is 1. The van der Waals surface area contributed by atoms with Gasteiger partial charge in [-0.15, -0.1) is 0 Å². The third-order valence-corrected chi connectivity index (χ3v) is 5.85.